The number of amides is 1. The van der Waals surface area contributed by atoms with Crippen LogP contribution in [0, 0.1) is 0 Å². The number of hydrogen-bond acceptors (Lipinski definition) is 8. The van der Waals surface area contributed by atoms with Crippen molar-refractivity contribution in [3.05, 3.63) is 148 Å². The van der Waals surface area contributed by atoms with Crippen LogP contribution in [0.15, 0.2) is 97.1 Å². The fraction of sp³-hybridized carbons (Fsp3) is 0.220. The van der Waals surface area contributed by atoms with Crippen molar-refractivity contribution in [2.45, 2.75) is 50.7 Å². The molecule has 5 heterocycles. The van der Waals surface area contributed by atoms with Crippen LogP contribution in [0.2, 0.25) is 0 Å². The molecule has 0 fully saturated rings. The molecule has 11 nitrogen and oxygen atoms in total. The second-order valence-electron chi connectivity index (χ2n) is 15.5. The lowest BCUT2D eigenvalue weighted by Crippen LogP contribution is -2.18. The van der Waals surface area contributed by atoms with Crippen molar-refractivity contribution in [1.29, 1.82) is 0 Å². The number of aliphatic hydroxyl groups excluding tert-OH is 4. The van der Waals surface area contributed by atoms with Crippen LogP contribution < -0.4 is 5.32 Å². The molecular formula is C50H47N5O6. The number of ether oxygens (including phenoxy) is 1. The maximum atomic E-state index is 13.8. The first-order chi connectivity index (χ1) is 29.9. The third-order valence-corrected chi connectivity index (χ3v) is 11.8. The highest BCUT2D eigenvalue weighted by Crippen LogP contribution is 2.45. The van der Waals surface area contributed by atoms with E-state index in [9.17, 15) is 25.2 Å². The Hall–Kier alpha value is -6.63. The number of nitrogens with zero attached hydrogens (tertiary/aromatic N) is 2. The van der Waals surface area contributed by atoms with Gasteiger partial charge in [0.25, 0.3) is 0 Å². The molecule has 2 aliphatic heterocycles. The average Bonchev–Trinajstić information content (AvgIpc) is 4.15. The normalized spacial score (nSPS) is 13.9. The van der Waals surface area contributed by atoms with E-state index in [4.69, 9.17) is 14.7 Å². The van der Waals surface area contributed by atoms with Gasteiger partial charge in [-0.3, -0.25) is 5.32 Å². The molecule has 6 aromatic rings. The van der Waals surface area contributed by atoms with E-state index in [-0.39, 0.29) is 12.5 Å². The smallest absolute Gasteiger partial charge is 0.411 e. The summed E-state index contributed by atoms with van der Waals surface area (Å²) in [6.07, 6.45) is 8.05. The number of para-hydroxylation sites is 1. The Kier molecular flexibility index (Phi) is 11.2. The molecule has 0 radical (unpaired) electrons. The summed E-state index contributed by atoms with van der Waals surface area (Å²) in [7, 11) is 0. The zero-order chi connectivity index (χ0) is 42.0. The number of carbonyl (C=O) groups excluding carboxylic acids is 1. The van der Waals surface area contributed by atoms with Crippen LogP contribution in [0.5, 0.6) is 0 Å². The molecule has 11 heteroatoms. The molecule has 9 rings (SSSR count). The second-order valence-corrected chi connectivity index (χ2v) is 15.5. The van der Waals surface area contributed by atoms with Gasteiger partial charge in [0.2, 0.25) is 0 Å². The van der Waals surface area contributed by atoms with Crippen molar-refractivity contribution in [3.8, 4) is 22.3 Å². The number of anilines is 1. The first-order valence-electron chi connectivity index (χ1n) is 20.8. The molecule has 1 amide bonds. The number of carbonyl (C=O) groups is 1. The highest BCUT2D eigenvalue weighted by Gasteiger charge is 2.29. The van der Waals surface area contributed by atoms with E-state index in [0.717, 1.165) is 47.1 Å². The number of H-pyrrole nitrogens is 2. The van der Waals surface area contributed by atoms with Crippen molar-refractivity contribution < 1.29 is 30.0 Å². The number of hydrogen-bond donors (Lipinski definition) is 7. The SMILES string of the molecule is CCCCCc1c2nc(c(C(O)CO)c3ccc([nH]3)c(-c3ccccc3NC(=O)OCC3c4ccccc4-c4ccccc43)c3ccc([nH]3)c(C(O)CO)c3nc1C=C3)C=C2. The lowest BCUT2D eigenvalue weighted by atomic mass is 9.98. The summed E-state index contributed by atoms with van der Waals surface area (Å²) in [6.45, 7) is 1.24. The minimum atomic E-state index is -1.25. The summed E-state index contributed by atoms with van der Waals surface area (Å²) < 4.78 is 5.97. The average molecular weight is 814 g/mol. The van der Waals surface area contributed by atoms with Crippen LogP contribution in [0.1, 0.15) is 94.9 Å². The third kappa shape index (κ3) is 7.57. The Bertz CT molecular complexity index is 2720. The molecule has 0 saturated heterocycles. The molecule has 2 unspecified atom stereocenters. The monoisotopic (exact) mass is 813 g/mol. The molecule has 2 atom stereocenters. The Morgan fingerprint density at radius 3 is 1.69 bits per heavy atom. The van der Waals surface area contributed by atoms with Gasteiger partial charge in [0.15, 0.2) is 0 Å². The summed E-state index contributed by atoms with van der Waals surface area (Å²) in [6, 6.07) is 31.2. The molecule has 308 valence electrons. The number of unbranched alkanes of at least 4 members (excludes halogenated alkanes) is 2. The highest BCUT2D eigenvalue weighted by atomic mass is 16.5. The topological polar surface area (TPSA) is 177 Å². The fourth-order valence-electron chi connectivity index (χ4n) is 8.84. The number of fused-ring (bicyclic) bond motifs is 11. The van der Waals surface area contributed by atoms with Crippen LogP contribution >= 0.6 is 0 Å². The Labute approximate surface area is 352 Å². The van der Waals surface area contributed by atoms with Crippen molar-refractivity contribution in [2.24, 2.45) is 0 Å². The number of benzene rings is 3. The predicted octanol–water partition coefficient (Wildman–Crippen LogP) is 9.47. The van der Waals surface area contributed by atoms with Gasteiger partial charge in [-0.2, -0.15) is 0 Å². The molecule has 0 saturated carbocycles. The Morgan fingerprint density at radius 1 is 0.656 bits per heavy atom. The van der Waals surface area contributed by atoms with Crippen molar-refractivity contribution in [1.82, 2.24) is 19.9 Å². The first kappa shape index (κ1) is 39.8. The first-order valence-corrected chi connectivity index (χ1v) is 20.8. The van der Waals surface area contributed by atoms with Crippen LogP contribution in [-0.2, 0) is 11.2 Å². The molecule has 3 aromatic heterocycles. The number of aromatic amines is 2. The molecule has 8 bridgehead atoms. The van der Waals surface area contributed by atoms with E-state index in [0.29, 0.717) is 79.2 Å². The van der Waals surface area contributed by atoms with Crippen molar-refractivity contribution in [2.75, 3.05) is 25.1 Å². The number of nitrogens with one attached hydrogen (secondary N) is 3. The van der Waals surface area contributed by atoms with Crippen molar-refractivity contribution in [3.63, 3.8) is 0 Å². The summed E-state index contributed by atoms with van der Waals surface area (Å²) in [4.78, 5) is 30.8. The van der Waals surface area contributed by atoms with Gasteiger partial charge in [-0.15, -0.1) is 0 Å². The van der Waals surface area contributed by atoms with Crippen LogP contribution in [0.4, 0.5) is 10.5 Å². The van der Waals surface area contributed by atoms with Gasteiger partial charge in [0.05, 0.1) is 41.7 Å². The Balaban J connectivity index is 1.20. The minimum Gasteiger partial charge on any atom is -0.448 e. The molecule has 7 N–H and O–H groups in total. The lowest BCUT2D eigenvalue weighted by Gasteiger charge is -2.16. The molecule has 61 heavy (non-hydrogen) atoms. The standard InChI is InChI=1S/C50H47N5O6/c1-2-3-4-15-33-37-18-20-41(51-37)48(45(58)26-56)43-24-22-39(53-43)47(40-23-25-44(54-40)49(46(59)27-57)42-21-19-38(33)52-42)34-16-9-10-17-36(34)55-50(60)61-28-35-31-13-7-5-11-29(31)30-12-6-8-14-32(30)35/h5-14,16-25,35,45-46,53-54,56-59H,2-4,15,26-28H2,1H3,(H,55,60). The number of aromatic nitrogens is 4. The van der Waals surface area contributed by atoms with Crippen LogP contribution in [-0.4, -0.2) is 66.3 Å². The molecule has 1 aliphatic carbocycles. The maximum absolute atomic E-state index is 13.8. The minimum absolute atomic E-state index is 0.114. The quantitative estimate of drug-likeness (QED) is 0.0597. The van der Waals surface area contributed by atoms with Gasteiger partial charge in [-0.25, -0.2) is 14.8 Å². The van der Waals surface area contributed by atoms with E-state index in [1.165, 1.54) is 0 Å². The predicted molar refractivity (Wildman–Crippen MR) is 240 cm³/mol. The second kappa shape index (κ2) is 17.2. The van der Waals surface area contributed by atoms with Crippen LogP contribution in [0.25, 0.3) is 68.6 Å². The van der Waals surface area contributed by atoms with E-state index in [2.05, 4.69) is 46.5 Å². The van der Waals surface area contributed by atoms with Gasteiger partial charge in [0, 0.05) is 55.8 Å². The van der Waals surface area contributed by atoms with Crippen molar-refractivity contribution >= 4 is 58.2 Å². The number of rotatable bonds is 12. The highest BCUT2D eigenvalue weighted by molar-refractivity contribution is 6.01. The van der Waals surface area contributed by atoms with E-state index in [1.54, 1.807) is 6.07 Å². The number of aliphatic hydroxyl groups is 4. The molecule has 3 aromatic carbocycles. The van der Waals surface area contributed by atoms with Gasteiger partial charge >= 0.3 is 6.09 Å². The van der Waals surface area contributed by atoms with E-state index < -0.39 is 31.5 Å². The third-order valence-electron chi connectivity index (χ3n) is 11.8. The Morgan fingerprint density at radius 2 is 1.15 bits per heavy atom. The lowest BCUT2D eigenvalue weighted by molar-refractivity contribution is 0.0962. The summed E-state index contributed by atoms with van der Waals surface area (Å²) >= 11 is 0. The molecule has 3 aliphatic rings. The largest absolute Gasteiger partial charge is 0.448 e. The maximum Gasteiger partial charge on any atom is 0.411 e. The van der Waals surface area contributed by atoms with Gasteiger partial charge in [-0.1, -0.05) is 86.5 Å². The fourth-order valence-corrected chi connectivity index (χ4v) is 8.84. The summed E-state index contributed by atoms with van der Waals surface area (Å²) in [5, 5.41) is 46.3. The van der Waals surface area contributed by atoms with Gasteiger partial charge in [0.1, 0.15) is 18.8 Å². The summed E-state index contributed by atoms with van der Waals surface area (Å²) in [5.41, 5.74) is 12.8. The zero-order valence-corrected chi connectivity index (χ0v) is 33.7. The zero-order valence-electron chi connectivity index (χ0n) is 33.7. The van der Waals surface area contributed by atoms with Gasteiger partial charge in [-0.05, 0) is 89.7 Å². The van der Waals surface area contributed by atoms with E-state index >= 15 is 0 Å². The van der Waals surface area contributed by atoms with Crippen LogP contribution in [0.3, 0.4) is 0 Å². The molecular weight excluding hydrogens is 767 g/mol. The summed E-state index contributed by atoms with van der Waals surface area (Å²) in [5.74, 6) is -0.114. The van der Waals surface area contributed by atoms with E-state index in [1.807, 2.05) is 91.0 Å². The van der Waals surface area contributed by atoms with Gasteiger partial charge < -0.3 is 35.1 Å². The molecule has 0 spiro atoms.